The number of nitrogens with zero attached hydrogens (tertiary/aromatic N) is 2. The fraction of sp³-hybridized carbons (Fsp3) is 0.286. The third-order valence-electron chi connectivity index (χ3n) is 4.74. The van der Waals surface area contributed by atoms with Gasteiger partial charge in [-0.3, -0.25) is 14.5 Å². The minimum atomic E-state index is -0.313. The first-order chi connectivity index (χ1) is 14.0. The molecule has 0 saturated carbocycles. The highest BCUT2D eigenvalue weighted by Gasteiger charge is 2.30. The van der Waals surface area contributed by atoms with Crippen LogP contribution < -0.4 is 10.6 Å². The van der Waals surface area contributed by atoms with Crippen LogP contribution in [0.2, 0.25) is 10.0 Å². The molecular formula is C21H20Cl2N4O2. The van der Waals surface area contributed by atoms with Gasteiger partial charge in [-0.15, -0.1) is 0 Å². The molecule has 2 aromatic rings. The van der Waals surface area contributed by atoms with Crippen LogP contribution in [0.15, 0.2) is 42.5 Å². The molecule has 0 aliphatic carbocycles. The Labute approximate surface area is 179 Å². The van der Waals surface area contributed by atoms with E-state index < -0.39 is 0 Å². The summed E-state index contributed by atoms with van der Waals surface area (Å²) in [6, 6.07) is 13.5. The van der Waals surface area contributed by atoms with Crippen LogP contribution in [0, 0.1) is 11.3 Å². The number of nitrogens with one attached hydrogen (secondary N) is 2. The van der Waals surface area contributed by atoms with Crippen molar-refractivity contribution in [1.29, 1.82) is 5.26 Å². The number of rotatable bonds is 6. The van der Waals surface area contributed by atoms with E-state index in [4.69, 9.17) is 28.5 Å². The zero-order chi connectivity index (χ0) is 20.8. The SMILES string of the molecule is N#Cc1ccccc1NC(=O)CCN1CCCC1C(=O)Nc1cc(Cl)cc(Cl)c1. The normalized spacial score (nSPS) is 16.2. The summed E-state index contributed by atoms with van der Waals surface area (Å²) >= 11 is 12.0. The van der Waals surface area contributed by atoms with Crippen molar-refractivity contribution in [2.75, 3.05) is 23.7 Å². The van der Waals surface area contributed by atoms with Gasteiger partial charge in [-0.25, -0.2) is 0 Å². The Bertz CT molecular complexity index is 938. The molecule has 2 amide bonds. The zero-order valence-corrected chi connectivity index (χ0v) is 17.1. The molecule has 0 spiro atoms. The second-order valence-corrected chi connectivity index (χ2v) is 7.67. The predicted octanol–water partition coefficient (Wildman–Crippen LogP) is 4.30. The van der Waals surface area contributed by atoms with Crippen molar-refractivity contribution in [2.24, 2.45) is 0 Å². The largest absolute Gasteiger partial charge is 0.325 e. The molecule has 8 heteroatoms. The van der Waals surface area contributed by atoms with Gasteiger partial charge >= 0.3 is 0 Å². The van der Waals surface area contributed by atoms with Crippen LogP contribution in [0.3, 0.4) is 0 Å². The number of hydrogen-bond acceptors (Lipinski definition) is 4. The number of para-hydroxylation sites is 1. The van der Waals surface area contributed by atoms with Crippen LogP contribution in [0.5, 0.6) is 0 Å². The maximum atomic E-state index is 12.7. The van der Waals surface area contributed by atoms with Crippen molar-refractivity contribution in [1.82, 2.24) is 4.90 Å². The number of likely N-dealkylation sites (tertiary alicyclic amines) is 1. The lowest BCUT2D eigenvalue weighted by atomic mass is 10.2. The van der Waals surface area contributed by atoms with Crippen molar-refractivity contribution >= 4 is 46.4 Å². The second kappa shape index (κ2) is 9.75. The summed E-state index contributed by atoms with van der Waals surface area (Å²) in [5.41, 5.74) is 1.46. The fourth-order valence-electron chi connectivity index (χ4n) is 3.39. The monoisotopic (exact) mass is 430 g/mol. The molecule has 2 N–H and O–H groups in total. The molecule has 150 valence electrons. The molecule has 1 atom stereocenters. The minimum absolute atomic E-state index is 0.143. The molecule has 6 nitrogen and oxygen atoms in total. The van der Waals surface area contributed by atoms with Gasteiger partial charge in [0.05, 0.1) is 17.3 Å². The molecule has 2 aromatic carbocycles. The fourth-order valence-corrected chi connectivity index (χ4v) is 3.92. The van der Waals surface area contributed by atoms with Crippen molar-refractivity contribution in [3.8, 4) is 6.07 Å². The topological polar surface area (TPSA) is 85.2 Å². The van der Waals surface area contributed by atoms with Gasteiger partial charge in [0, 0.05) is 28.7 Å². The molecule has 1 aliphatic heterocycles. The van der Waals surface area contributed by atoms with Crippen LogP contribution in [-0.2, 0) is 9.59 Å². The Morgan fingerprint density at radius 1 is 1.14 bits per heavy atom. The van der Waals surface area contributed by atoms with Crippen LogP contribution in [0.4, 0.5) is 11.4 Å². The molecular weight excluding hydrogens is 411 g/mol. The number of benzene rings is 2. The van der Waals surface area contributed by atoms with Gasteiger partial charge in [-0.05, 0) is 49.7 Å². The Morgan fingerprint density at radius 3 is 2.59 bits per heavy atom. The standard InChI is InChI=1S/C21H20Cl2N4O2/c22-15-10-16(23)12-17(11-15)25-21(29)19-6-3-8-27(19)9-7-20(28)26-18-5-2-1-4-14(18)13-24/h1-2,4-5,10-12,19H,3,6-9H2,(H,25,29)(H,26,28). The molecule has 1 aliphatic rings. The van der Waals surface area contributed by atoms with E-state index in [9.17, 15) is 9.59 Å². The Hall–Kier alpha value is -2.59. The zero-order valence-electron chi connectivity index (χ0n) is 15.6. The second-order valence-electron chi connectivity index (χ2n) is 6.80. The quantitative estimate of drug-likeness (QED) is 0.715. The van der Waals surface area contributed by atoms with Gasteiger partial charge in [0.25, 0.3) is 0 Å². The number of carbonyl (C=O) groups is 2. The highest BCUT2D eigenvalue weighted by atomic mass is 35.5. The van der Waals surface area contributed by atoms with E-state index in [1.165, 1.54) is 0 Å². The summed E-state index contributed by atoms with van der Waals surface area (Å²) in [6.45, 7) is 1.20. The first-order valence-electron chi connectivity index (χ1n) is 9.26. The van der Waals surface area contributed by atoms with Gasteiger partial charge in [0.1, 0.15) is 6.07 Å². The molecule has 0 bridgehead atoms. The van der Waals surface area contributed by atoms with E-state index in [0.29, 0.717) is 33.5 Å². The van der Waals surface area contributed by atoms with E-state index in [2.05, 4.69) is 16.7 Å². The highest BCUT2D eigenvalue weighted by Crippen LogP contribution is 2.24. The molecule has 3 rings (SSSR count). The first kappa shape index (κ1) is 21.1. The molecule has 1 fully saturated rings. The van der Waals surface area contributed by atoms with Crippen molar-refractivity contribution in [3.05, 3.63) is 58.1 Å². The lowest BCUT2D eigenvalue weighted by molar-refractivity contribution is -0.121. The van der Waals surface area contributed by atoms with Gasteiger partial charge in [0.2, 0.25) is 11.8 Å². The maximum absolute atomic E-state index is 12.7. The number of anilines is 2. The molecule has 1 unspecified atom stereocenters. The summed E-state index contributed by atoms with van der Waals surface area (Å²) < 4.78 is 0. The summed E-state index contributed by atoms with van der Waals surface area (Å²) in [6.07, 6.45) is 1.83. The van der Waals surface area contributed by atoms with Gasteiger partial charge in [-0.1, -0.05) is 35.3 Å². The summed E-state index contributed by atoms with van der Waals surface area (Å²) in [4.78, 5) is 27.0. The lowest BCUT2D eigenvalue weighted by Gasteiger charge is -2.23. The Kier molecular flexibility index (Phi) is 7.10. The number of hydrogen-bond donors (Lipinski definition) is 2. The van der Waals surface area contributed by atoms with Crippen LogP contribution in [0.25, 0.3) is 0 Å². The first-order valence-corrected chi connectivity index (χ1v) is 10.0. The van der Waals surface area contributed by atoms with Gasteiger partial charge in [0.15, 0.2) is 0 Å². The third kappa shape index (κ3) is 5.70. The van der Waals surface area contributed by atoms with E-state index in [0.717, 1.165) is 19.4 Å². The average molecular weight is 431 g/mol. The van der Waals surface area contributed by atoms with Crippen molar-refractivity contribution < 1.29 is 9.59 Å². The third-order valence-corrected chi connectivity index (χ3v) is 5.18. The van der Waals surface area contributed by atoms with E-state index >= 15 is 0 Å². The van der Waals surface area contributed by atoms with E-state index in [1.807, 2.05) is 4.90 Å². The summed E-state index contributed by atoms with van der Waals surface area (Å²) in [5, 5.41) is 15.6. The Balaban J connectivity index is 1.55. The predicted molar refractivity (Wildman–Crippen MR) is 114 cm³/mol. The lowest BCUT2D eigenvalue weighted by Crippen LogP contribution is -2.40. The summed E-state index contributed by atoms with van der Waals surface area (Å²) in [5.74, 6) is -0.337. The maximum Gasteiger partial charge on any atom is 0.241 e. The Morgan fingerprint density at radius 2 is 1.86 bits per heavy atom. The van der Waals surface area contributed by atoms with Gasteiger partial charge in [-0.2, -0.15) is 5.26 Å². The van der Waals surface area contributed by atoms with Crippen LogP contribution >= 0.6 is 23.2 Å². The van der Waals surface area contributed by atoms with E-state index in [1.54, 1.807) is 42.5 Å². The molecule has 0 aromatic heterocycles. The number of halogens is 2. The van der Waals surface area contributed by atoms with Crippen molar-refractivity contribution in [2.45, 2.75) is 25.3 Å². The van der Waals surface area contributed by atoms with E-state index in [-0.39, 0.29) is 24.3 Å². The number of carbonyl (C=O) groups excluding carboxylic acids is 2. The number of amides is 2. The van der Waals surface area contributed by atoms with Crippen LogP contribution in [-0.4, -0.2) is 35.8 Å². The molecule has 0 radical (unpaired) electrons. The molecule has 29 heavy (non-hydrogen) atoms. The highest BCUT2D eigenvalue weighted by molar-refractivity contribution is 6.35. The molecule has 1 saturated heterocycles. The number of nitriles is 1. The van der Waals surface area contributed by atoms with Gasteiger partial charge < -0.3 is 10.6 Å². The van der Waals surface area contributed by atoms with Crippen LogP contribution in [0.1, 0.15) is 24.8 Å². The minimum Gasteiger partial charge on any atom is -0.325 e. The van der Waals surface area contributed by atoms with Crippen molar-refractivity contribution in [3.63, 3.8) is 0 Å². The summed E-state index contributed by atoms with van der Waals surface area (Å²) in [7, 11) is 0. The average Bonchev–Trinajstić information content (AvgIpc) is 3.15. The smallest absolute Gasteiger partial charge is 0.241 e. The molecule has 1 heterocycles.